The molecule has 120 valence electrons. The largest absolute Gasteiger partial charge is 0.506 e. The first-order valence-electron chi connectivity index (χ1n) is 7.28. The van der Waals surface area contributed by atoms with E-state index >= 15 is 0 Å². The van der Waals surface area contributed by atoms with E-state index in [9.17, 15) is 5.11 Å². The molecule has 0 saturated carbocycles. The normalized spacial score (nSPS) is 12.1. The maximum absolute atomic E-state index is 10.4. The van der Waals surface area contributed by atoms with Gasteiger partial charge in [-0.25, -0.2) is 4.98 Å². The Morgan fingerprint density at radius 2 is 1.65 bits per heavy atom. The van der Waals surface area contributed by atoms with Gasteiger partial charge in [-0.1, -0.05) is 61.7 Å². The predicted octanol–water partition coefficient (Wildman–Crippen LogP) is 6.11. The van der Waals surface area contributed by atoms with Gasteiger partial charge in [0.05, 0.1) is 5.02 Å². The van der Waals surface area contributed by atoms with E-state index in [0.29, 0.717) is 22.6 Å². The molecule has 3 nitrogen and oxygen atoms in total. The molecule has 3 rings (SSSR count). The van der Waals surface area contributed by atoms with Gasteiger partial charge in [0.1, 0.15) is 16.3 Å². The smallest absolute Gasteiger partial charge is 0.227 e. The Hall–Kier alpha value is -1.71. The fourth-order valence-corrected chi connectivity index (χ4v) is 2.98. The van der Waals surface area contributed by atoms with Crippen LogP contribution in [0.15, 0.2) is 28.7 Å². The third kappa shape index (κ3) is 2.68. The molecule has 0 radical (unpaired) electrons. The van der Waals surface area contributed by atoms with E-state index in [1.54, 1.807) is 0 Å². The molecule has 5 heteroatoms. The van der Waals surface area contributed by atoms with Crippen LogP contribution >= 0.6 is 23.2 Å². The lowest BCUT2D eigenvalue weighted by Crippen LogP contribution is -2.12. The Morgan fingerprint density at radius 3 is 2.22 bits per heavy atom. The van der Waals surface area contributed by atoms with Crippen molar-refractivity contribution < 1.29 is 9.52 Å². The van der Waals surface area contributed by atoms with Gasteiger partial charge in [-0.3, -0.25) is 0 Å². The van der Waals surface area contributed by atoms with Crippen LogP contribution in [0.5, 0.6) is 5.75 Å². The van der Waals surface area contributed by atoms with Crippen LogP contribution in [0.3, 0.4) is 0 Å². The predicted molar refractivity (Wildman–Crippen MR) is 94.6 cm³/mol. The van der Waals surface area contributed by atoms with E-state index in [0.717, 1.165) is 11.1 Å². The minimum absolute atomic E-state index is 0.0525. The fraction of sp³-hybridized carbons (Fsp3) is 0.278. The molecule has 0 bridgehead atoms. The van der Waals surface area contributed by atoms with Gasteiger partial charge in [0.25, 0.3) is 0 Å². The van der Waals surface area contributed by atoms with Gasteiger partial charge < -0.3 is 9.52 Å². The van der Waals surface area contributed by atoms with Crippen LogP contribution in [0.25, 0.3) is 22.6 Å². The summed E-state index contributed by atoms with van der Waals surface area (Å²) >= 11 is 12.4. The number of halogens is 2. The van der Waals surface area contributed by atoms with Crippen LogP contribution in [0.2, 0.25) is 10.0 Å². The Kier molecular flexibility index (Phi) is 3.81. The molecule has 0 atom stereocenters. The fourth-order valence-electron chi connectivity index (χ4n) is 2.58. The number of benzene rings is 2. The Balaban J connectivity index is 2.35. The van der Waals surface area contributed by atoms with Crippen molar-refractivity contribution in [1.29, 1.82) is 0 Å². The first-order chi connectivity index (χ1) is 10.7. The van der Waals surface area contributed by atoms with Gasteiger partial charge in [0, 0.05) is 11.1 Å². The number of phenols is 1. The second-order valence-corrected chi connectivity index (χ2v) is 7.42. The Labute approximate surface area is 144 Å². The third-order valence-electron chi connectivity index (χ3n) is 3.75. The number of fused-ring (bicyclic) bond motifs is 1. The van der Waals surface area contributed by atoms with Crippen LogP contribution in [0.4, 0.5) is 0 Å². The van der Waals surface area contributed by atoms with Crippen LogP contribution in [0.1, 0.15) is 31.9 Å². The monoisotopic (exact) mass is 349 g/mol. The van der Waals surface area contributed by atoms with Crippen molar-refractivity contribution in [2.45, 2.75) is 33.1 Å². The summed E-state index contributed by atoms with van der Waals surface area (Å²) < 4.78 is 5.95. The highest BCUT2D eigenvalue weighted by Gasteiger charge is 2.29. The van der Waals surface area contributed by atoms with Crippen molar-refractivity contribution in [2.75, 3.05) is 0 Å². The van der Waals surface area contributed by atoms with Crippen molar-refractivity contribution in [3.05, 3.63) is 45.4 Å². The minimum Gasteiger partial charge on any atom is -0.506 e. The summed E-state index contributed by atoms with van der Waals surface area (Å²) in [6.45, 7) is 7.93. The number of aromatic hydroxyl groups is 1. The van der Waals surface area contributed by atoms with Crippen LogP contribution in [-0.2, 0) is 5.41 Å². The van der Waals surface area contributed by atoms with Crippen molar-refractivity contribution in [1.82, 2.24) is 4.98 Å². The highest BCUT2D eigenvalue weighted by atomic mass is 35.5. The summed E-state index contributed by atoms with van der Waals surface area (Å²) in [5, 5.41) is 10.7. The summed E-state index contributed by atoms with van der Waals surface area (Å²) in [5.41, 5.74) is 3.17. The molecule has 0 aliphatic rings. The van der Waals surface area contributed by atoms with Crippen molar-refractivity contribution in [3.63, 3.8) is 0 Å². The van der Waals surface area contributed by atoms with Gasteiger partial charge in [-0.15, -0.1) is 0 Å². The second-order valence-electron chi connectivity index (χ2n) is 6.66. The number of aromatic nitrogens is 1. The van der Waals surface area contributed by atoms with E-state index in [1.807, 2.05) is 52.0 Å². The summed E-state index contributed by atoms with van der Waals surface area (Å²) in [6, 6.07) is 7.85. The topological polar surface area (TPSA) is 46.3 Å². The van der Waals surface area contributed by atoms with E-state index in [2.05, 4.69) is 4.98 Å². The average molecular weight is 350 g/mol. The standard InChI is InChI=1S/C18H17Cl2NO2/c1-9-5-7-10(8-6-9)17-21-14-12(19)13(20)15(22)11(16(14)23-17)18(2,3)4/h5-8,22H,1-4H3. The molecular weight excluding hydrogens is 333 g/mol. The molecular formula is C18H17Cl2NO2. The highest BCUT2D eigenvalue weighted by molar-refractivity contribution is 6.46. The molecule has 0 unspecified atom stereocenters. The minimum atomic E-state index is -0.374. The molecule has 3 aromatic rings. The molecule has 1 heterocycles. The molecule has 1 aromatic heterocycles. The molecule has 0 aliphatic carbocycles. The van der Waals surface area contributed by atoms with E-state index in [4.69, 9.17) is 27.6 Å². The molecule has 0 amide bonds. The highest BCUT2D eigenvalue weighted by Crippen LogP contribution is 2.47. The molecule has 0 saturated heterocycles. The maximum Gasteiger partial charge on any atom is 0.227 e. The van der Waals surface area contributed by atoms with E-state index in [-0.39, 0.29) is 21.2 Å². The number of nitrogens with zero attached hydrogens (tertiary/aromatic N) is 1. The van der Waals surface area contributed by atoms with Crippen molar-refractivity contribution in [2.24, 2.45) is 0 Å². The molecule has 0 spiro atoms. The van der Waals surface area contributed by atoms with Gasteiger partial charge in [-0.2, -0.15) is 0 Å². The van der Waals surface area contributed by atoms with Crippen molar-refractivity contribution in [3.8, 4) is 17.2 Å². The summed E-state index contributed by atoms with van der Waals surface area (Å²) in [4.78, 5) is 4.49. The van der Waals surface area contributed by atoms with Crippen LogP contribution in [-0.4, -0.2) is 10.1 Å². The summed E-state index contributed by atoms with van der Waals surface area (Å²) in [7, 11) is 0. The second kappa shape index (κ2) is 5.43. The Bertz CT molecular complexity index is 890. The van der Waals surface area contributed by atoms with E-state index in [1.165, 1.54) is 0 Å². The zero-order valence-corrected chi connectivity index (χ0v) is 14.9. The maximum atomic E-state index is 10.4. The van der Waals surface area contributed by atoms with Crippen LogP contribution < -0.4 is 0 Å². The Morgan fingerprint density at radius 1 is 1.04 bits per heavy atom. The summed E-state index contributed by atoms with van der Waals surface area (Å²) in [5.74, 6) is 0.400. The van der Waals surface area contributed by atoms with Gasteiger partial charge in [0.2, 0.25) is 5.89 Å². The molecule has 0 fully saturated rings. The molecule has 0 aliphatic heterocycles. The van der Waals surface area contributed by atoms with Gasteiger partial charge in [-0.05, 0) is 24.5 Å². The zero-order valence-electron chi connectivity index (χ0n) is 13.4. The third-order valence-corrected chi connectivity index (χ3v) is 4.58. The lowest BCUT2D eigenvalue weighted by atomic mass is 9.85. The molecule has 1 N–H and O–H groups in total. The number of phenolic OH excluding ortho intramolecular Hbond substituents is 1. The van der Waals surface area contributed by atoms with Gasteiger partial charge >= 0.3 is 0 Å². The quantitative estimate of drug-likeness (QED) is 0.576. The summed E-state index contributed by atoms with van der Waals surface area (Å²) in [6.07, 6.45) is 0. The van der Waals surface area contributed by atoms with E-state index < -0.39 is 0 Å². The lowest BCUT2D eigenvalue weighted by Gasteiger charge is -2.21. The lowest BCUT2D eigenvalue weighted by molar-refractivity contribution is 0.445. The zero-order chi connectivity index (χ0) is 16.9. The number of rotatable bonds is 1. The average Bonchev–Trinajstić information content (AvgIpc) is 2.89. The van der Waals surface area contributed by atoms with Gasteiger partial charge in [0.15, 0.2) is 5.58 Å². The van der Waals surface area contributed by atoms with Crippen molar-refractivity contribution >= 4 is 34.3 Å². The number of hydrogen-bond acceptors (Lipinski definition) is 3. The number of oxazole rings is 1. The molecule has 23 heavy (non-hydrogen) atoms. The number of aryl methyl sites for hydroxylation is 1. The first-order valence-corrected chi connectivity index (χ1v) is 8.03. The first kappa shape index (κ1) is 16.2. The number of hydrogen-bond donors (Lipinski definition) is 1. The molecule has 2 aromatic carbocycles. The SMILES string of the molecule is Cc1ccc(-c2nc3c(Cl)c(Cl)c(O)c(C(C)(C)C)c3o2)cc1. The van der Waals surface area contributed by atoms with Crippen LogP contribution in [0, 0.1) is 6.92 Å².